The Morgan fingerprint density at radius 2 is 1.74 bits per heavy atom. The van der Waals surface area contributed by atoms with Crippen molar-refractivity contribution in [2.75, 3.05) is 31.1 Å². The summed E-state index contributed by atoms with van der Waals surface area (Å²) in [5.41, 5.74) is 0.923. The van der Waals surface area contributed by atoms with Gasteiger partial charge in [0.1, 0.15) is 17.3 Å². The van der Waals surface area contributed by atoms with Crippen LogP contribution in [0, 0.1) is 11.3 Å². The minimum atomic E-state index is -0.810. The third kappa shape index (κ3) is 3.95. The van der Waals surface area contributed by atoms with Crippen LogP contribution in [-0.2, 0) is 20.1 Å². The fourth-order valence-electron chi connectivity index (χ4n) is 6.25. The van der Waals surface area contributed by atoms with Crippen molar-refractivity contribution in [3.05, 3.63) is 105 Å². The number of hydrogen-bond acceptors (Lipinski definition) is 7. The van der Waals surface area contributed by atoms with Gasteiger partial charge in [-0.1, -0.05) is 54.6 Å². The van der Waals surface area contributed by atoms with Crippen molar-refractivity contribution in [2.24, 2.45) is 7.05 Å². The van der Waals surface area contributed by atoms with Crippen molar-refractivity contribution in [1.82, 2.24) is 24.3 Å². The van der Waals surface area contributed by atoms with E-state index in [1.54, 1.807) is 13.2 Å². The second kappa shape index (κ2) is 9.80. The Labute approximate surface area is 226 Å². The van der Waals surface area contributed by atoms with E-state index in [0.29, 0.717) is 23.6 Å². The zero-order valence-electron chi connectivity index (χ0n) is 22.2. The van der Waals surface area contributed by atoms with E-state index in [2.05, 4.69) is 26.2 Å². The van der Waals surface area contributed by atoms with Gasteiger partial charge < -0.3 is 10.2 Å². The monoisotopic (exact) mass is 521 g/mol. The molecular formula is C30H31N7O2. The number of pyridine rings is 1. The van der Waals surface area contributed by atoms with E-state index in [1.165, 1.54) is 9.13 Å². The van der Waals surface area contributed by atoms with E-state index in [4.69, 9.17) is 0 Å². The lowest BCUT2D eigenvalue weighted by Crippen LogP contribution is -2.63. The van der Waals surface area contributed by atoms with Crippen molar-refractivity contribution in [3.63, 3.8) is 0 Å². The number of rotatable bonds is 5. The number of aromatic nitrogens is 3. The molecule has 2 aromatic carbocycles. The van der Waals surface area contributed by atoms with Gasteiger partial charge in [-0.3, -0.25) is 23.8 Å². The fourth-order valence-corrected chi connectivity index (χ4v) is 6.25. The molecule has 0 amide bonds. The molecular weight excluding hydrogens is 490 g/mol. The van der Waals surface area contributed by atoms with E-state index < -0.39 is 22.8 Å². The summed E-state index contributed by atoms with van der Waals surface area (Å²) in [6, 6.07) is 22.2. The summed E-state index contributed by atoms with van der Waals surface area (Å²) in [6.45, 7) is 5.56. The Morgan fingerprint density at radius 3 is 2.49 bits per heavy atom. The zero-order chi connectivity index (χ0) is 27.1. The summed E-state index contributed by atoms with van der Waals surface area (Å²) in [4.78, 5) is 37.0. The first-order chi connectivity index (χ1) is 18.9. The first-order valence-corrected chi connectivity index (χ1v) is 13.3. The van der Waals surface area contributed by atoms with Crippen molar-refractivity contribution < 1.29 is 0 Å². The molecule has 4 aromatic rings. The number of nitrogens with one attached hydrogen (secondary N) is 1. The predicted molar refractivity (Wildman–Crippen MR) is 151 cm³/mol. The molecule has 2 aliphatic rings. The van der Waals surface area contributed by atoms with Gasteiger partial charge >= 0.3 is 5.69 Å². The summed E-state index contributed by atoms with van der Waals surface area (Å²) in [7, 11) is 1.67. The number of benzene rings is 2. The second-order valence-electron chi connectivity index (χ2n) is 10.4. The van der Waals surface area contributed by atoms with Crippen LogP contribution in [-0.4, -0.2) is 50.9 Å². The summed E-state index contributed by atoms with van der Waals surface area (Å²) in [5, 5.41) is 15.8. The SMILES string of the molecule is Cn1c2c(c(=O)n(Cc3nccc4ccccc34)c1=O)N(Cc1ccccc1)C(C)(N1CCNCC1)C2C#N. The summed E-state index contributed by atoms with van der Waals surface area (Å²) in [6.07, 6.45) is 1.70. The predicted octanol–water partition coefficient (Wildman–Crippen LogP) is 2.39. The van der Waals surface area contributed by atoms with Crippen molar-refractivity contribution >= 4 is 16.5 Å². The Morgan fingerprint density at radius 1 is 1.03 bits per heavy atom. The first kappa shape index (κ1) is 25.0. The molecule has 9 nitrogen and oxygen atoms in total. The molecule has 0 aliphatic carbocycles. The van der Waals surface area contributed by atoms with Crippen molar-refractivity contribution in [1.29, 1.82) is 5.26 Å². The van der Waals surface area contributed by atoms with Gasteiger partial charge in [0.2, 0.25) is 0 Å². The molecule has 1 saturated heterocycles. The molecule has 198 valence electrons. The van der Waals surface area contributed by atoms with Crippen LogP contribution in [0.5, 0.6) is 0 Å². The molecule has 2 aliphatic heterocycles. The van der Waals surface area contributed by atoms with E-state index in [1.807, 2.05) is 67.6 Å². The zero-order valence-corrected chi connectivity index (χ0v) is 22.2. The van der Waals surface area contributed by atoms with Crippen LogP contribution in [0.2, 0.25) is 0 Å². The highest BCUT2D eigenvalue weighted by Crippen LogP contribution is 2.47. The lowest BCUT2D eigenvalue weighted by atomic mass is 9.92. The highest BCUT2D eigenvalue weighted by molar-refractivity contribution is 5.84. The van der Waals surface area contributed by atoms with Crippen LogP contribution in [0.3, 0.4) is 0 Å². The Kier molecular flexibility index (Phi) is 6.29. The van der Waals surface area contributed by atoms with E-state index in [0.717, 1.165) is 42.5 Å². The van der Waals surface area contributed by atoms with Gasteiger partial charge in [0, 0.05) is 51.4 Å². The van der Waals surface area contributed by atoms with Crippen molar-refractivity contribution in [2.45, 2.75) is 31.6 Å². The number of anilines is 1. The largest absolute Gasteiger partial charge is 0.341 e. The maximum absolute atomic E-state index is 14.3. The number of piperazine rings is 1. The molecule has 39 heavy (non-hydrogen) atoms. The van der Waals surface area contributed by atoms with E-state index in [-0.39, 0.29) is 6.54 Å². The minimum Gasteiger partial charge on any atom is -0.341 e. The smallest absolute Gasteiger partial charge is 0.331 e. The van der Waals surface area contributed by atoms with Gasteiger partial charge in [-0.2, -0.15) is 5.26 Å². The standard InChI is InChI=1S/C30H31N7O2/c1-30(35-16-14-32-15-17-35)24(18-31)26-27(37(30)19-21-8-4-3-5-9-21)28(38)36(29(39)34(26)2)20-25-23-11-7-6-10-22(23)12-13-33-25/h3-13,24,32H,14-17,19-20H2,1-2H3. The fraction of sp³-hybridized carbons (Fsp3) is 0.333. The van der Waals surface area contributed by atoms with Gasteiger partial charge in [-0.25, -0.2) is 4.79 Å². The second-order valence-corrected chi connectivity index (χ2v) is 10.4. The Hall–Kier alpha value is -4.26. The maximum Gasteiger partial charge on any atom is 0.331 e. The summed E-state index contributed by atoms with van der Waals surface area (Å²) in [5.74, 6) is -0.690. The number of nitrogens with zero attached hydrogens (tertiary/aromatic N) is 6. The van der Waals surface area contributed by atoms with Gasteiger partial charge in [0.15, 0.2) is 0 Å². The van der Waals surface area contributed by atoms with Crippen molar-refractivity contribution in [3.8, 4) is 6.07 Å². The number of hydrogen-bond donors (Lipinski definition) is 1. The van der Waals surface area contributed by atoms with Crippen LogP contribution in [0.15, 0.2) is 76.4 Å². The van der Waals surface area contributed by atoms with Gasteiger partial charge in [-0.05, 0) is 23.9 Å². The van der Waals surface area contributed by atoms with Crippen LogP contribution < -0.4 is 21.5 Å². The molecule has 4 heterocycles. The highest BCUT2D eigenvalue weighted by Gasteiger charge is 2.55. The van der Waals surface area contributed by atoms with Crippen LogP contribution in [0.1, 0.15) is 29.8 Å². The Balaban J connectivity index is 1.56. The Bertz CT molecular complexity index is 1690. The molecule has 9 heteroatoms. The lowest BCUT2D eigenvalue weighted by molar-refractivity contribution is 0.0791. The van der Waals surface area contributed by atoms with Gasteiger partial charge in [0.25, 0.3) is 5.56 Å². The molecule has 6 rings (SSSR count). The average Bonchev–Trinajstić information content (AvgIpc) is 3.23. The molecule has 2 atom stereocenters. The normalized spacial score (nSPS) is 21.2. The summed E-state index contributed by atoms with van der Waals surface area (Å²) < 4.78 is 2.77. The average molecular weight is 522 g/mol. The molecule has 2 unspecified atom stereocenters. The van der Waals surface area contributed by atoms with Crippen LogP contribution in [0.25, 0.3) is 10.8 Å². The number of fused-ring (bicyclic) bond motifs is 2. The van der Waals surface area contributed by atoms with Crippen LogP contribution >= 0.6 is 0 Å². The molecule has 1 N–H and O–H groups in total. The molecule has 0 bridgehead atoms. The molecule has 0 radical (unpaired) electrons. The highest BCUT2D eigenvalue weighted by atomic mass is 16.2. The molecule has 1 fully saturated rings. The van der Waals surface area contributed by atoms with Gasteiger partial charge in [0.05, 0.1) is 24.0 Å². The van der Waals surface area contributed by atoms with Gasteiger partial charge in [-0.15, -0.1) is 0 Å². The molecule has 0 saturated carbocycles. The lowest BCUT2D eigenvalue weighted by Gasteiger charge is -2.48. The third-order valence-corrected chi connectivity index (χ3v) is 8.34. The van der Waals surface area contributed by atoms with E-state index >= 15 is 0 Å². The number of nitriles is 1. The van der Waals surface area contributed by atoms with E-state index in [9.17, 15) is 14.9 Å². The van der Waals surface area contributed by atoms with Crippen LogP contribution in [0.4, 0.5) is 5.69 Å². The third-order valence-electron chi connectivity index (χ3n) is 8.34. The quantitative estimate of drug-likeness (QED) is 0.431. The minimum absolute atomic E-state index is 0.0425. The molecule has 0 spiro atoms. The molecule has 2 aromatic heterocycles. The summed E-state index contributed by atoms with van der Waals surface area (Å²) >= 11 is 0. The first-order valence-electron chi connectivity index (χ1n) is 13.3. The topological polar surface area (TPSA) is 99.2 Å². The maximum atomic E-state index is 14.3.